The van der Waals surface area contributed by atoms with E-state index in [2.05, 4.69) is 48.4 Å². The molecule has 1 aliphatic rings. The highest BCUT2D eigenvalue weighted by Crippen LogP contribution is 2.23. The fourth-order valence-electron chi connectivity index (χ4n) is 3.00. The second kappa shape index (κ2) is 6.79. The van der Waals surface area contributed by atoms with Crippen molar-refractivity contribution in [3.05, 3.63) is 40.7 Å². The largest absolute Gasteiger partial charge is 0.321 e. The lowest BCUT2D eigenvalue weighted by atomic mass is 10.0. The van der Waals surface area contributed by atoms with Crippen LogP contribution in [-0.4, -0.2) is 44.8 Å². The minimum Gasteiger partial charge on any atom is -0.321 e. The zero-order valence-corrected chi connectivity index (χ0v) is 15.4. The highest BCUT2D eigenvalue weighted by molar-refractivity contribution is 7.99. The van der Waals surface area contributed by atoms with Crippen molar-refractivity contribution in [3.63, 3.8) is 0 Å². The number of tetrazole rings is 1. The van der Waals surface area contributed by atoms with Gasteiger partial charge in [0.15, 0.2) is 6.04 Å². The lowest BCUT2D eigenvalue weighted by Crippen LogP contribution is -3.14. The molecule has 0 unspecified atom stereocenters. The number of quaternary nitrogens is 1. The van der Waals surface area contributed by atoms with Gasteiger partial charge in [0.05, 0.1) is 18.6 Å². The van der Waals surface area contributed by atoms with Gasteiger partial charge in [0.1, 0.15) is 0 Å². The Bertz CT molecular complexity index is 643. The quantitative estimate of drug-likeness (QED) is 0.915. The molecular weight excluding hydrogens is 330 g/mol. The molecule has 0 amide bonds. The van der Waals surface area contributed by atoms with Gasteiger partial charge in [-0.05, 0) is 43.3 Å². The third-order valence-electron chi connectivity index (χ3n) is 4.13. The minimum absolute atomic E-state index is 0.141. The van der Waals surface area contributed by atoms with Gasteiger partial charge in [-0.1, -0.05) is 23.7 Å². The Morgan fingerprint density at radius 2 is 1.83 bits per heavy atom. The maximum atomic E-state index is 6.08. The fraction of sp³-hybridized carbons (Fsp3) is 0.562. The lowest BCUT2D eigenvalue weighted by molar-refractivity contribution is -0.922. The Hall–Kier alpha value is -1.11. The average molecular weight is 353 g/mol. The van der Waals surface area contributed by atoms with E-state index in [-0.39, 0.29) is 11.6 Å². The van der Waals surface area contributed by atoms with Crippen LogP contribution in [0.2, 0.25) is 5.02 Å². The van der Waals surface area contributed by atoms with Gasteiger partial charge in [-0.15, -0.1) is 5.10 Å². The molecular formula is C16H23ClN5S+. The summed E-state index contributed by atoms with van der Waals surface area (Å²) in [7, 11) is 0. The van der Waals surface area contributed by atoms with E-state index < -0.39 is 0 Å². The van der Waals surface area contributed by atoms with Crippen LogP contribution in [0.1, 0.15) is 38.2 Å². The summed E-state index contributed by atoms with van der Waals surface area (Å²) in [6, 6.07) is 8.25. The molecule has 23 heavy (non-hydrogen) atoms. The molecule has 0 aliphatic carbocycles. The summed E-state index contributed by atoms with van der Waals surface area (Å²) in [5.74, 6) is 3.29. The lowest BCUT2D eigenvalue weighted by Gasteiger charge is -2.32. The molecule has 1 atom stereocenters. The van der Waals surface area contributed by atoms with Gasteiger partial charge in [0.2, 0.25) is 5.82 Å². The van der Waals surface area contributed by atoms with E-state index >= 15 is 0 Å². The zero-order valence-electron chi connectivity index (χ0n) is 13.8. The Balaban J connectivity index is 2.05. The monoisotopic (exact) mass is 352 g/mol. The molecule has 1 aromatic heterocycles. The number of nitrogens with one attached hydrogen (secondary N) is 1. The summed E-state index contributed by atoms with van der Waals surface area (Å²) < 4.78 is 1.96. The number of aromatic nitrogens is 4. The van der Waals surface area contributed by atoms with Crippen molar-refractivity contribution in [3.8, 4) is 0 Å². The Labute approximate surface area is 146 Å². The molecule has 0 saturated carbocycles. The van der Waals surface area contributed by atoms with Crippen LogP contribution in [0.3, 0.4) is 0 Å². The first-order valence-corrected chi connectivity index (χ1v) is 9.46. The van der Waals surface area contributed by atoms with Gasteiger partial charge in [-0.25, -0.2) is 4.68 Å². The van der Waals surface area contributed by atoms with E-state index in [4.69, 9.17) is 11.6 Å². The van der Waals surface area contributed by atoms with E-state index in [9.17, 15) is 0 Å². The zero-order chi connectivity index (χ0) is 16.4. The Morgan fingerprint density at radius 3 is 2.43 bits per heavy atom. The highest BCUT2D eigenvalue weighted by atomic mass is 35.5. The van der Waals surface area contributed by atoms with Crippen LogP contribution in [0.5, 0.6) is 0 Å². The van der Waals surface area contributed by atoms with Crippen LogP contribution in [0.15, 0.2) is 24.3 Å². The number of thioether (sulfide) groups is 1. The van der Waals surface area contributed by atoms with Crippen molar-refractivity contribution in [1.82, 2.24) is 20.2 Å². The molecule has 5 nitrogen and oxygen atoms in total. The number of halogens is 1. The first kappa shape index (κ1) is 16.7. The molecule has 1 aromatic carbocycles. The SMILES string of the molecule is CC(C)(C)n1nnnc1[C@@H](c1ccc(Cl)cc1)[NH+]1CCSCC1. The summed E-state index contributed by atoms with van der Waals surface area (Å²) in [5.41, 5.74) is 1.07. The van der Waals surface area contributed by atoms with Gasteiger partial charge in [0, 0.05) is 22.1 Å². The van der Waals surface area contributed by atoms with Crippen LogP contribution in [0.4, 0.5) is 0 Å². The smallest absolute Gasteiger partial charge is 0.214 e. The molecule has 1 saturated heterocycles. The summed E-state index contributed by atoms with van der Waals surface area (Å²) >= 11 is 8.10. The van der Waals surface area contributed by atoms with Crippen molar-refractivity contribution in [1.29, 1.82) is 0 Å². The second-order valence-corrected chi connectivity index (χ2v) is 8.54. The molecule has 1 aliphatic heterocycles. The molecule has 124 valence electrons. The van der Waals surface area contributed by atoms with Crippen LogP contribution >= 0.6 is 23.4 Å². The molecule has 1 fully saturated rings. The second-order valence-electron chi connectivity index (χ2n) is 6.87. The van der Waals surface area contributed by atoms with E-state index in [1.807, 2.05) is 28.6 Å². The molecule has 0 spiro atoms. The molecule has 0 bridgehead atoms. The summed E-state index contributed by atoms with van der Waals surface area (Å²) in [4.78, 5) is 1.52. The summed E-state index contributed by atoms with van der Waals surface area (Å²) in [5, 5.41) is 13.4. The summed E-state index contributed by atoms with van der Waals surface area (Å²) in [6.07, 6.45) is 0. The number of benzene rings is 1. The number of hydrogen-bond acceptors (Lipinski definition) is 4. The third-order valence-corrected chi connectivity index (χ3v) is 5.37. The van der Waals surface area contributed by atoms with E-state index in [1.54, 1.807) is 0 Å². The highest BCUT2D eigenvalue weighted by Gasteiger charge is 2.35. The molecule has 1 N–H and O–H groups in total. The van der Waals surface area contributed by atoms with Gasteiger partial charge in [-0.2, -0.15) is 11.8 Å². The number of hydrogen-bond donors (Lipinski definition) is 1. The predicted molar refractivity (Wildman–Crippen MR) is 94.1 cm³/mol. The molecule has 2 aromatic rings. The molecule has 0 radical (unpaired) electrons. The van der Waals surface area contributed by atoms with Crippen LogP contribution in [0.25, 0.3) is 0 Å². The number of rotatable bonds is 3. The average Bonchev–Trinajstić information content (AvgIpc) is 3.00. The van der Waals surface area contributed by atoms with Crippen molar-refractivity contribution in [2.45, 2.75) is 32.4 Å². The van der Waals surface area contributed by atoms with Crippen molar-refractivity contribution in [2.75, 3.05) is 24.6 Å². The van der Waals surface area contributed by atoms with Crippen LogP contribution in [-0.2, 0) is 5.54 Å². The van der Waals surface area contributed by atoms with Crippen LogP contribution < -0.4 is 4.90 Å². The van der Waals surface area contributed by atoms with Gasteiger partial charge < -0.3 is 4.90 Å². The first-order valence-electron chi connectivity index (χ1n) is 7.93. The minimum atomic E-state index is -0.145. The normalized spacial score (nSPS) is 18.1. The van der Waals surface area contributed by atoms with E-state index in [0.29, 0.717) is 0 Å². The fourth-order valence-corrected chi connectivity index (χ4v) is 4.14. The maximum Gasteiger partial charge on any atom is 0.214 e. The van der Waals surface area contributed by atoms with Gasteiger partial charge in [0.25, 0.3) is 0 Å². The van der Waals surface area contributed by atoms with Gasteiger partial charge >= 0.3 is 0 Å². The number of nitrogens with zero attached hydrogens (tertiary/aromatic N) is 4. The van der Waals surface area contributed by atoms with Crippen LogP contribution in [0, 0.1) is 0 Å². The Kier molecular flexibility index (Phi) is 4.94. The van der Waals surface area contributed by atoms with E-state index in [0.717, 1.165) is 23.9 Å². The standard InChI is InChI=1S/C16H22ClN5S/c1-16(2,3)22-15(18-19-20-22)14(21-8-10-23-11-9-21)12-4-6-13(17)7-5-12/h4-7,14H,8-11H2,1-3H3/p+1/t14-/m1/s1. The molecule has 7 heteroatoms. The van der Waals surface area contributed by atoms with Crippen molar-refractivity contribution >= 4 is 23.4 Å². The predicted octanol–water partition coefficient (Wildman–Crippen LogP) is 1.80. The van der Waals surface area contributed by atoms with Crippen molar-refractivity contribution in [2.24, 2.45) is 0 Å². The first-order chi connectivity index (χ1) is 11.0. The maximum absolute atomic E-state index is 6.08. The van der Waals surface area contributed by atoms with Gasteiger partial charge in [-0.3, -0.25) is 0 Å². The Morgan fingerprint density at radius 1 is 1.17 bits per heavy atom. The summed E-state index contributed by atoms with van der Waals surface area (Å²) in [6.45, 7) is 8.64. The molecule has 2 heterocycles. The molecule has 3 rings (SSSR count). The third kappa shape index (κ3) is 3.70. The van der Waals surface area contributed by atoms with E-state index in [1.165, 1.54) is 22.0 Å². The topological polar surface area (TPSA) is 48.0 Å². The van der Waals surface area contributed by atoms with Crippen molar-refractivity contribution < 1.29 is 4.90 Å².